The summed E-state index contributed by atoms with van der Waals surface area (Å²) in [6.45, 7) is 5.82. The van der Waals surface area contributed by atoms with E-state index in [0.717, 1.165) is 18.6 Å². The Morgan fingerprint density at radius 1 is 1.29 bits per heavy atom. The molecule has 2 fully saturated rings. The van der Waals surface area contributed by atoms with Gasteiger partial charge in [-0.1, -0.05) is 22.0 Å². The van der Waals surface area contributed by atoms with Crippen molar-refractivity contribution in [1.82, 2.24) is 9.80 Å². The number of fused-ring (bicyclic) bond motifs is 2. The molecule has 2 atom stereocenters. The van der Waals surface area contributed by atoms with Crippen molar-refractivity contribution in [2.45, 2.75) is 32.0 Å². The predicted octanol–water partition coefficient (Wildman–Crippen LogP) is 2.65. The third-order valence-corrected chi connectivity index (χ3v) is 4.80. The summed E-state index contributed by atoms with van der Waals surface area (Å²) in [7, 11) is 2.26. The topological polar surface area (TPSA) is 6.48 Å². The summed E-state index contributed by atoms with van der Waals surface area (Å²) >= 11 is 3.53. The van der Waals surface area contributed by atoms with Crippen LogP contribution in [0.1, 0.15) is 17.5 Å². The Bertz CT molecular complexity index is 430. The molecule has 0 aromatic heterocycles. The molecule has 3 rings (SSSR count). The quantitative estimate of drug-likeness (QED) is 0.827. The Balaban J connectivity index is 1.72. The maximum absolute atomic E-state index is 3.53. The molecule has 0 unspecified atom stereocenters. The molecule has 2 aliphatic heterocycles. The number of aryl methyl sites for hydroxylation is 1. The zero-order valence-electron chi connectivity index (χ0n) is 10.5. The lowest BCUT2D eigenvalue weighted by Gasteiger charge is -2.32. The number of hydrogen-bond acceptors (Lipinski definition) is 2. The van der Waals surface area contributed by atoms with Crippen LogP contribution in [-0.4, -0.2) is 42.0 Å². The third kappa shape index (κ3) is 2.16. The molecule has 0 radical (unpaired) electrons. The predicted molar refractivity (Wildman–Crippen MR) is 74.1 cm³/mol. The number of hydrogen-bond donors (Lipinski definition) is 0. The van der Waals surface area contributed by atoms with Crippen LogP contribution < -0.4 is 0 Å². The molecule has 0 N–H and O–H groups in total. The van der Waals surface area contributed by atoms with Gasteiger partial charge in [0.15, 0.2) is 0 Å². The van der Waals surface area contributed by atoms with Gasteiger partial charge in [-0.25, -0.2) is 0 Å². The third-order valence-electron chi connectivity index (χ3n) is 4.31. The molecule has 1 aromatic carbocycles. The highest BCUT2D eigenvalue weighted by Crippen LogP contribution is 2.31. The summed E-state index contributed by atoms with van der Waals surface area (Å²) in [6, 6.07) is 8.22. The highest BCUT2D eigenvalue weighted by atomic mass is 79.9. The van der Waals surface area contributed by atoms with Gasteiger partial charge in [0, 0.05) is 36.2 Å². The number of rotatable bonds is 2. The van der Waals surface area contributed by atoms with E-state index in [1.807, 2.05) is 0 Å². The van der Waals surface area contributed by atoms with Gasteiger partial charge >= 0.3 is 0 Å². The number of benzene rings is 1. The van der Waals surface area contributed by atoms with Gasteiger partial charge in [0.2, 0.25) is 0 Å². The molecule has 2 nitrogen and oxygen atoms in total. The Hall–Kier alpha value is -0.380. The van der Waals surface area contributed by atoms with Crippen LogP contribution in [-0.2, 0) is 6.54 Å². The van der Waals surface area contributed by atoms with E-state index in [9.17, 15) is 0 Å². The van der Waals surface area contributed by atoms with Crippen LogP contribution in [0.15, 0.2) is 22.7 Å². The van der Waals surface area contributed by atoms with Crippen molar-refractivity contribution >= 4 is 15.9 Å². The fraction of sp³-hybridized carbons (Fsp3) is 0.571. The lowest BCUT2D eigenvalue weighted by Crippen LogP contribution is -2.44. The van der Waals surface area contributed by atoms with E-state index in [4.69, 9.17) is 0 Å². The minimum atomic E-state index is 0.785. The molecule has 0 aliphatic carbocycles. The van der Waals surface area contributed by atoms with E-state index in [1.165, 1.54) is 35.1 Å². The summed E-state index contributed by atoms with van der Waals surface area (Å²) in [5.74, 6) is 0. The first-order valence-corrected chi connectivity index (χ1v) is 7.12. The molecular weight excluding hydrogens is 276 g/mol. The van der Waals surface area contributed by atoms with Crippen molar-refractivity contribution in [2.75, 3.05) is 20.1 Å². The van der Waals surface area contributed by atoms with Crippen molar-refractivity contribution in [3.05, 3.63) is 33.8 Å². The maximum atomic E-state index is 3.53. The van der Waals surface area contributed by atoms with Crippen LogP contribution in [0, 0.1) is 6.92 Å². The van der Waals surface area contributed by atoms with Gasteiger partial charge in [-0.3, -0.25) is 4.90 Å². The highest BCUT2D eigenvalue weighted by molar-refractivity contribution is 9.10. The normalized spacial score (nSPS) is 29.1. The summed E-state index contributed by atoms with van der Waals surface area (Å²) in [5.41, 5.74) is 2.87. The summed E-state index contributed by atoms with van der Waals surface area (Å²) in [4.78, 5) is 5.16. The van der Waals surface area contributed by atoms with Crippen LogP contribution in [0.4, 0.5) is 0 Å². The number of nitrogens with zero attached hydrogens (tertiary/aromatic N) is 2. The van der Waals surface area contributed by atoms with Gasteiger partial charge in [0.05, 0.1) is 0 Å². The minimum absolute atomic E-state index is 0.785. The average molecular weight is 295 g/mol. The molecule has 17 heavy (non-hydrogen) atoms. The second-order valence-electron chi connectivity index (χ2n) is 5.48. The van der Waals surface area contributed by atoms with E-state index in [1.54, 1.807) is 0 Å². The van der Waals surface area contributed by atoms with Crippen LogP contribution in [0.2, 0.25) is 0 Å². The number of likely N-dealkylation sites (tertiary alicyclic amines) is 2. The number of likely N-dealkylation sites (N-methyl/N-ethyl adjacent to an activating group) is 1. The first-order chi connectivity index (χ1) is 8.13. The van der Waals surface area contributed by atoms with Gasteiger partial charge in [-0.2, -0.15) is 0 Å². The molecule has 2 saturated heterocycles. The molecule has 92 valence electrons. The van der Waals surface area contributed by atoms with Gasteiger partial charge < -0.3 is 4.90 Å². The van der Waals surface area contributed by atoms with Crippen molar-refractivity contribution in [2.24, 2.45) is 0 Å². The van der Waals surface area contributed by atoms with Gasteiger partial charge in [-0.15, -0.1) is 0 Å². The standard InChI is InChI=1S/C14H19BrN2/c1-10-5-12(15)4-3-11(10)7-17-9-13-6-14(17)8-16(13)2/h3-5,13-14H,6-9H2,1-2H3/t13-,14-/m0/s1. The largest absolute Gasteiger partial charge is 0.301 e. The van der Waals surface area contributed by atoms with Crippen molar-refractivity contribution < 1.29 is 0 Å². The van der Waals surface area contributed by atoms with Crippen LogP contribution in [0.5, 0.6) is 0 Å². The number of piperazine rings is 1. The average Bonchev–Trinajstić information content (AvgIpc) is 2.81. The Labute approximate surface area is 112 Å². The molecular formula is C14H19BrN2. The van der Waals surface area contributed by atoms with Crippen molar-refractivity contribution in [3.8, 4) is 0 Å². The monoisotopic (exact) mass is 294 g/mol. The van der Waals surface area contributed by atoms with Crippen molar-refractivity contribution in [3.63, 3.8) is 0 Å². The summed E-state index contributed by atoms with van der Waals surface area (Å²) in [6.07, 6.45) is 1.37. The van der Waals surface area contributed by atoms with E-state index in [2.05, 4.69) is 57.9 Å². The van der Waals surface area contributed by atoms with E-state index in [-0.39, 0.29) is 0 Å². The Kier molecular flexibility index (Phi) is 3.01. The fourth-order valence-electron chi connectivity index (χ4n) is 3.20. The summed E-state index contributed by atoms with van der Waals surface area (Å²) in [5, 5.41) is 0. The minimum Gasteiger partial charge on any atom is -0.301 e. The maximum Gasteiger partial charge on any atom is 0.0242 e. The smallest absolute Gasteiger partial charge is 0.0242 e. The first kappa shape index (κ1) is 11.7. The van der Waals surface area contributed by atoms with E-state index < -0.39 is 0 Å². The van der Waals surface area contributed by atoms with Gasteiger partial charge in [-0.05, 0) is 43.7 Å². The second kappa shape index (κ2) is 4.38. The molecule has 3 heteroatoms. The summed E-state index contributed by atoms with van der Waals surface area (Å²) < 4.78 is 1.18. The van der Waals surface area contributed by atoms with Crippen LogP contribution >= 0.6 is 15.9 Å². The molecule has 0 spiro atoms. The molecule has 1 aromatic rings. The first-order valence-electron chi connectivity index (χ1n) is 6.33. The fourth-order valence-corrected chi connectivity index (χ4v) is 3.67. The Morgan fingerprint density at radius 2 is 2.12 bits per heavy atom. The van der Waals surface area contributed by atoms with Gasteiger partial charge in [0.1, 0.15) is 0 Å². The van der Waals surface area contributed by atoms with E-state index in [0.29, 0.717) is 0 Å². The molecule has 0 amide bonds. The zero-order valence-corrected chi connectivity index (χ0v) is 12.1. The van der Waals surface area contributed by atoms with Crippen LogP contribution in [0.3, 0.4) is 0 Å². The van der Waals surface area contributed by atoms with Gasteiger partial charge in [0.25, 0.3) is 0 Å². The molecule has 2 bridgehead atoms. The highest BCUT2D eigenvalue weighted by Gasteiger charge is 2.41. The SMILES string of the molecule is Cc1cc(Br)ccc1CN1C[C@@H]2C[C@H]1CN2C. The lowest BCUT2D eigenvalue weighted by molar-refractivity contribution is 0.143. The lowest BCUT2D eigenvalue weighted by atomic mass is 10.1. The van der Waals surface area contributed by atoms with Crippen molar-refractivity contribution in [1.29, 1.82) is 0 Å². The molecule has 2 heterocycles. The molecule has 2 aliphatic rings. The molecule has 0 saturated carbocycles. The Morgan fingerprint density at radius 3 is 2.71 bits per heavy atom. The zero-order chi connectivity index (χ0) is 12.0. The van der Waals surface area contributed by atoms with Crippen LogP contribution in [0.25, 0.3) is 0 Å². The van der Waals surface area contributed by atoms with E-state index >= 15 is 0 Å². The number of halogens is 1. The second-order valence-corrected chi connectivity index (χ2v) is 6.40.